The minimum atomic E-state index is 0.264. The first-order chi connectivity index (χ1) is 14.9. The smallest absolute Gasteiger partial charge is 0.135 e. The Morgan fingerprint density at radius 3 is 2.52 bits per heavy atom. The van der Waals surface area contributed by atoms with Crippen molar-refractivity contribution < 1.29 is 4.74 Å². The molecule has 5 nitrogen and oxygen atoms in total. The number of nitrogens with one attached hydrogen (secondary N) is 1. The number of anilines is 1. The zero-order chi connectivity index (χ0) is 22.3. The van der Waals surface area contributed by atoms with Crippen molar-refractivity contribution in [1.82, 2.24) is 14.5 Å². The normalized spacial score (nSPS) is 15.1. The third kappa shape index (κ3) is 3.96. The highest BCUT2D eigenvalue weighted by Gasteiger charge is 2.30. The van der Waals surface area contributed by atoms with Gasteiger partial charge >= 0.3 is 0 Å². The van der Waals surface area contributed by atoms with Crippen LogP contribution in [-0.2, 0) is 11.2 Å². The Labute approximate surface area is 186 Å². The number of aromatic nitrogens is 3. The lowest BCUT2D eigenvalue weighted by atomic mass is 9.95. The van der Waals surface area contributed by atoms with E-state index in [1.165, 1.54) is 40.7 Å². The van der Waals surface area contributed by atoms with Crippen LogP contribution in [0.1, 0.15) is 80.8 Å². The average molecular weight is 421 g/mol. The minimum Gasteiger partial charge on any atom is -0.383 e. The van der Waals surface area contributed by atoms with Crippen LogP contribution in [-0.4, -0.2) is 35.3 Å². The van der Waals surface area contributed by atoms with E-state index < -0.39 is 0 Å². The van der Waals surface area contributed by atoms with E-state index in [9.17, 15) is 0 Å². The maximum atomic E-state index is 5.41. The summed E-state index contributed by atoms with van der Waals surface area (Å²) < 4.78 is 7.71. The van der Waals surface area contributed by atoms with Gasteiger partial charge in [0.15, 0.2) is 0 Å². The van der Waals surface area contributed by atoms with Crippen LogP contribution in [0.2, 0.25) is 0 Å². The van der Waals surface area contributed by atoms with E-state index in [4.69, 9.17) is 14.7 Å². The first-order valence-electron chi connectivity index (χ1n) is 11.6. The highest BCUT2D eigenvalue weighted by atomic mass is 16.5. The molecule has 1 fully saturated rings. The van der Waals surface area contributed by atoms with Gasteiger partial charge in [-0.3, -0.25) is 0 Å². The molecule has 1 unspecified atom stereocenters. The van der Waals surface area contributed by atoms with Gasteiger partial charge in [0.25, 0.3) is 0 Å². The lowest BCUT2D eigenvalue weighted by molar-refractivity contribution is 0.164. The summed E-state index contributed by atoms with van der Waals surface area (Å²) in [5.41, 5.74) is 9.53. The zero-order valence-electron chi connectivity index (χ0n) is 20.0. The third-order valence-electron chi connectivity index (χ3n) is 6.47. The largest absolute Gasteiger partial charge is 0.383 e. The second-order valence-electron chi connectivity index (χ2n) is 9.28. The molecule has 1 aliphatic rings. The lowest BCUT2D eigenvalue weighted by Crippen LogP contribution is -2.10. The molecule has 1 N–H and O–H groups in total. The molecule has 0 spiro atoms. The molecule has 0 saturated heterocycles. The fraction of sp³-hybridized carbons (Fsp3) is 0.538. The first-order valence-corrected chi connectivity index (χ1v) is 11.6. The predicted octanol–water partition coefficient (Wildman–Crippen LogP) is 6.22. The quantitative estimate of drug-likeness (QED) is 0.470. The standard InChI is InChI=1S/C26H36N4O/c1-8-18-11-22-24(16(4)13-30(22)17(5)14-31-7)28-25(18)21-12-20(19-9-10-19)23(15(2)3)29-26(21)27-6/h11-13,15,17,19H,8-10,14H2,1-7H3,(H,27,29). The Bertz CT molecular complexity index is 1090. The van der Waals surface area contributed by atoms with Crippen molar-refractivity contribution in [3.05, 3.63) is 40.7 Å². The van der Waals surface area contributed by atoms with Crippen molar-refractivity contribution in [2.45, 2.75) is 71.8 Å². The summed E-state index contributed by atoms with van der Waals surface area (Å²) in [5, 5.41) is 3.36. The topological polar surface area (TPSA) is 52.0 Å². The maximum absolute atomic E-state index is 5.41. The highest BCUT2D eigenvalue weighted by molar-refractivity contribution is 5.86. The van der Waals surface area contributed by atoms with Gasteiger partial charge in [-0.05, 0) is 73.8 Å². The molecule has 0 aromatic carbocycles. The Morgan fingerprint density at radius 2 is 1.94 bits per heavy atom. The first kappa shape index (κ1) is 21.8. The molecule has 0 radical (unpaired) electrons. The van der Waals surface area contributed by atoms with Crippen molar-refractivity contribution in [3.8, 4) is 11.3 Å². The summed E-state index contributed by atoms with van der Waals surface area (Å²) in [7, 11) is 3.72. The van der Waals surface area contributed by atoms with Crippen molar-refractivity contribution in [1.29, 1.82) is 0 Å². The summed E-state index contributed by atoms with van der Waals surface area (Å²) in [5.74, 6) is 2.00. The molecule has 5 heteroatoms. The lowest BCUT2D eigenvalue weighted by Gasteiger charge is -2.19. The summed E-state index contributed by atoms with van der Waals surface area (Å²) >= 11 is 0. The summed E-state index contributed by atoms with van der Waals surface area (Å²) in [6.07, 6.45) is 5.67. The maximum Gasteiger partial charge on any atom is 0.135 e. The molecule has 0 aliphatic heterocycles. The average Bonchev–Trinajstić information content (AvgIpc) is 3.56. The number of hydrogen-bond acceptors (Lipinski definition) is 4. The van der Waals surface area contributed by atoms with Gasteiger partial charge < -0.3 is 14.6 Å². The van der Waals surface area contributed by atoms with Crippen LogP contribution in [0.15, 0.2) is 18.3 Å². The van der Waals surface area contributed by atoms with Gasteiger partial charge in [0.1, 0.15) is 5.82 Å². The van der Waals surface area contributed by atoms with Gasteiger partial charge in [0.2, 0.25) is 0 Å². The van der Waals surface area contributed by atoms with Crippen molar-refractivity contribution in [3.63, 3.8) is 0 Å². The van der Waals surface area contributed by atoms with Crippen LogP contribution in [0.5, 0.6) is 0 Å². The van der Waals surface area contributed by atoms with Crippen LogP contribution in [0.4, 0.5) is 5.82 Å². The second kappa shape index (κ2) is 8.62. The molecule has 1 aliphatic carbocycles. The van der Waals surface area contributed by atoms with Gasteiger partial charge in [-0.25, -0.2) is 9.97 Å². The SMILES string of the molecule is CCc1cc2c(nc1-c1cc(C3CC3)c(C(C)C)nc1NC)c(C)cn2C(C)COC. The summed E-state index contributed by atoms with van der Waals surface area (Å²) in [6.45, 7) is 11.7. The highest BCUT2D eigenvalue weighted by Crippen LogP contribution is 2.45. The van der Waals surface area contributed by atoms with Crippen LogP contribution < -0.4 is 5.32 Å². The number of ether oxygens (including phenoxy) is 1. The van der Waals surface area contributed by atoms with Crippen molar-refractivity contribution in [2.24, 2.45) is 0 Å². The number of nitrogens with zero attached hydrogens (tertiary/aromatic N) is 3. The van der Waals surface area contributed by atoms with Crippen molar-refractivity contribution >= 4 is 16.9 Å². The predicted molar refractivity (Wildman–Crippen MR) is 129 cm³/mol. The van der Waals surface area contributed by atoms with Gasteiger partial charge in [-0.1, -0.05) is 20.8 Å². The number of pyridine rings is 2. The van der Waals surface area contributed by atoms with E-state index in [2.05, 4.69) is 62.8 Å². The van der Waals surface area contributed by atoms with Crippen LogP contribution in [0.3, 0.4) is 0 Å². The molecule has 166 valence electrons. The molecule has 4 rings (SSSR count). The number of aryl methyl sites for hydroxylation is 2. The van der Waals surface area contributed by atoms with Gasteiger partial charge in [-0.2, -0.15) is 0 Å². The third-order valence-corrected chi connectivity index (χ3v) is 6.47. The Hall–Kier alpha value is -2.40. The van der Waals surface area contributed by atoms with E-state index in [-0.39, 0.29) is 6.04 Å². The number of methoxy groups -OCH3 is 1. The monoisotopic (exact) mass is 420 g/mol. The van der Waals surface area contributed by atoms with E-state index in [0.29, 0.717) is 18.4 Å². The molecule has 31 heavy (non-hydrogen) atoms. The van der Waals surface area contributed by atoms with Gasteiger partial charge in [-0.15, -0.1) is 0 Å². The van der Waals surface area contributed by atoms with Crippen LogP contribution >= 0.6 is 0 Å². The molecule has 0 amide bonds. The zero-order valence-corrected chi connectivity index (χ0v) is 20.0. The molecule has 3 aromatic rings. The Morgan fingerprint density at radius 1 is 1.19 bits per heavy atom. The minimum absolute atomic E-state index is 0.264. The van der Waals surface area contributed by atoms with Gasteiger partial charge in [0.05, 0.1) is 29.4 Å². The molecular formula is C26H36N4O. The van der Waals surface area contributed by atoms with Crippen molar-refractivity contribution in [2.75, 3.05) is 26.1 Å². The number of hydrogen-bond donors (Lipinski definition) is 1. The van der Waals surface area contributed by atoms with Crippen LogP contribution in [0.25, 0.3) is 22.3 Å². The number of rotatable bonds is 8. The second-order valence-corrected chi connectivity index (χ2v) is 9.28. The number of fused-ring (bicyclic) bond motifs is 1. The molecular weight excluding hydrogens is 384 g/mol. The fourth-order valence-corrected chi connectivity index (χ4v) is 4.66. The van der Waals surface area contributed by atoms with E-state index in [1.54, 1.807) is 7.11 Å². The Balaban J connectivity index is 1.93. The molecule has 1 saturated carbocycles. The summed E-state index contributed by atoms with van der Waals surface area (Å²) in [6, 6.07) is 4.96. The Kier molecular flexibility index (Phi) is 6.07. The van der Waals surface area contributed by atoms with Gasteiger partial charge in [0, 0.05) is 31.6 Å². The molecule has 3 aromatic heterocycles. The molecule has 0 bridgehead atoms. The van der Waals surface area contributed by atoms with Crippen LogP contribution in [0, 0.1) is 6.92 Å². The molecule has 1 atom stereocenters. The van der Waals surface area contributed by atoms with E-state index >= 15 is 0 Å². The van der Waals surface area contributed by atoms with E-state index in [0.717, 1.165) is 29.0 Å². The molecule has 3 heterocycles. The summed E-state index contributed by atoms with van der Waals surface area (Å²) in [4.78, 5) is 10.3. The fourth-order valence-electron chi connectivity index (χ4n) is 4.66. The van der Waals surface area contributed by atoms with E-state index in [1.807, 2.05) is 7.05 Å².